The van der Waals surface area contributed by atoms with Crippen molar-refractivity contribution >= 4 is 56.2 Å². The van der Waals surface area contributed by atoms with Gasteiger partial charge in [-0.2, -0.15) is 0 Å². The van der Waals surface area contributed by atoms with E-state index in [4.69, 9.17) is 4.98 Å². The first-order valence-corrected chi connectivity index (χ1v) is 11.9. The minimum Gasteiger partial charge on any atom is -0.313 e. The minimum atomic E-state index is -0.355. The summed E-state index contributed by atoms with van der Waals surface area (Å²) in [5.41, 5.74) is 3.74. The molecule has 0 unspecified atom stereocenters. The van der Waals surface area contributed by atoms with Crippen LogP contribution in [0.15, 0.2) is 48.5 Å². The van der Waals surface area contributed by atoms with Gasteiger partial charge in [0.15, 0.2) is 0 Å². The molecule has 0 aliphatic carbocycles. The van der Waals surface area contributed by atoms with Gasteiger partial charge in [-0.25, -0.2) is 9.37 Å². The highest BCUT2D eigenvalue weighted by molar-refractivity contribution is 7.23. The van der Waals surface area contributed by atoms with Crippen LogP contribution in [-0.2, 0) is 13.0 Å². The summed E-state index contributed by atoms with van der Waals surface area (Å²) < 4.78 is 14.4. The van der Waals surface area contributed by atoms with Gasteiger partial charge in [0.05, 0.1) is 10.2 Å². The van der Waals surface area contributed by atoms with Gasteiger partial charge in [0.2, 0.25) is 0 Å². The second kappa shape index (κ2) is 9.27. The molecule has 4 aromatic rings. The maximum atomic E-state index is 13.3. The molecule has 0 saturated carbocycles. The Hall–Kier alpha value is -2.32. The van der Waals surface area contributed by atoms with Gasteiger partial charge in [0.1, 0.15) is 15.8 Å². The van der Waals surface area contributed by atoms with E-state index in [-0.39, 0.29) is 24.1 Å². The third kappa shape index (κ3) is 4.30. The lowest BCUT2D eigenvalue weighted by Gasteiger charge is -2.30. The molecular formula is C24H23ClFN3OS2. The number of thiophene rings is 1. The van der Waals surface area contributed by atoms with E-state index in [1.807, 2.05) is 18.2 Å². The van der Waals surface area contributed by atoms with Crippen molar-refractivity contribution < 1.29 is 9.18 Å². The summed E-state index contributed by atoms with van der Waals surface area (Å²) in [6.45, 7) is 6.29. The molecule has 8 heteroatoms. The quantitative estimate of drug-likeness (QED) is 0.352. The van der Waals surface area contributed by atoms with Crippen LogP contribution in [0.5, 0.6) is 0 Å². The number of rotatable bonds is 4. The number of hydrogen-bond donors (Lipinski definition) is 1. The summed E-state index contributed by atoms with van der Waals surface area (Å²) in [5, 5.41) is 4.86. The molecule has 2 aromatic heterocycles. The van der Waals surface area contributed by atoms with Gasteiger partial charge >= 0.3 is 0 Å². The molecule has 1 amide bonds. The number of nitrogens with zero attached hydrogens (tertiary/aromatic N) is 2. The van der Waals surface area contributed by atoms with Crippen LogP contribution in [0.3, 0.4) is 0 Å². The lowest BCUT2D eigenvalue weighted by atomic mass is 10.0. The number of amides is 1. The number of carbonyl (C=O) groups excluding carboxylic acids is 1. The van der Waals surface area contributed by atoms with Crippen molar-refractivity contribution in [3.05, 3.63) is 70.4 Å². The number of hydrogen-bond acceptors (Lipinski definition) is 5. The monoisotopic (exact) mass is 487 g/mol. The van der Waals surface area contributed by atoms with Gasteiger partial charge in [-0.15, -0.1) is 35.1 Å². The van der Waals surface area contributed by atoms with Crippen molar-refractivity contribution in [1.29, 1.82) is 0 Å². The van der Waals surface area contributed by atoms with Crippen molar-refractivity contribution in [3.8, 4) is 10.6 Å². The van der Waals surface area contributed by atoms with Crippen LogP contribution >= 0.6 is 35.1 Å². The fourth-order valence-electron chi connectivity index (χ4n) is 3.93. The number of thiazole rings is 1. The Labute approximate surface area is 200 Å². The number of para-hydroxylation sites is 1. The molecule has 0 bridgehead atoms. The van der Waals surface area contributed by atoms with E-state index in [1.54, 1.807) is 22.7 Å². The molecule has 4 nitrogen and oxygen atoms in total. The Bertz CT molecular complexity index is 1230. The predicted octanol–water partition coefficient (Wildman–Crippen LogP) is 6.60. The predicted molar refractivity (Wildman–Crippen MR) is 134 cm³/mol. The van der Waals surface area contributed by atoms with Crippen LogP contribution < -0.4 is 5.32 Å². The summed E-state index contributed by atoms with van der Waals surface area (Å²) in [5.74, 6) is -0.589. The SMILES string of the molecule is CC(C)N1CCc2c(sc(NC(=O)c3ccc(F)cc3)c2-c2nc3ccccc3s2)C1.Cl. The Morgan fingerprint density at radius 3 is 2.59 bits per heavy atom. The molecule has 2 aromatic carbocycles. The third-order valence-corrected chi connectivity index (χ3v) is 7.84. The molecule has 0 fully saturated rings. The van der Waals surface area contributed by atoms with Gasteiger partial charge in [-0.3, -0.25) is 9.69 Å². The van der Waals surface area contributed by atoms with E-state index in [0.717, 1.165) is 45.3 Å². The number of carbonyl (C=O) groups is 1. The normalized spacial score (nSPS) is 13.8. The van der Waals surface area contributed by atoms with Gasteiger partial charge < -0.3 is 5.32 Å². The first kappa shape index (κ1) is 22.9. The molecule has 1 aliphatic rings. The van der Waals surface area contributed by atoms with Crippen molar-refractivity contribution in [1.82, 2.24) is 9.88 Å². The largest absolute Gasteiger partial charge is 0.313 e. The highest BCUT2D eigenvalue weighted by Crippen LogP contribution is 2.46. The van der Waals surface area contributed by atoms with Crippen LogP contribution in [0.25, 0.3) is 20.8 Å². The molecular weight excluding hydrogens is 465 g/mol. The molecule has 166 valence electrons. The zero-order chi connectivity index (χ0) is 21.5. The van der Waals surface area contributed by atoms with Gasteiger partial charge in [-0.05, 0) is 62.2 Å². The number of aromatic nitrogens is 1. The van der Waals surface area contributed by atoms with Crippen molar-refractivity contribution in [2.45, 2.75) is 32.9 Å². The fourth-order valence-corrected chi connectivity index (χ4v) is 6.31. The van der Waals surface area contributed by atoms with Gasteiger partial charge in [0.25, 0.3) is 5.91 Å². The lowest BCUT2D eigenvalue weighted by molar-refractivity contribution is 0.102. The lowest BCUT2D eigenvalue weighted by Crippen LogP contribution is -2.35. The summed E-state index contributed by atoms with van der Waals surface area (Å²) in [4.78, 5) is 21.5. The second-order valence-corrected chi connectivity index (χ2v) is 10.1. The Balaban J connectivity index is 0.00000245. The van der Waals surface area contributed by atoms with Gasteiger partial charge in [0, 0.05) is 35.1 Å². The van der Waals surface area contributed by atoms with Crippen LogP contribution in [0.2, 0.25) is 0 Å². The minimum absolute atomic E-state index is 0. The number of nitrogens with one attached hydrogen (secondary N) is 1. The van der Waals surface area contributed by atoms with E-state index in [0.29, 0.717) is 11.6 Å². The number of anilines is 1. The summed E-state index contributed by atoms with van der Waals surface area (Å²) >= 11 is 3.29. The molecule has 0 spiro atoms. The topological polar surface area (TPSA) is 45.2 Å². The molecule has 32 heavy (non-hydrogen) atoms. The highest BCUT2D eigenvalue weighted by Gasteiger charge is 2.28. The van der Waals surface area contributed by atoms with Crippen LogP contribution in [0.4, 0.5) is 9.39 Å². The van der Waals surface area contributed by atoms with Crippen LogP contribution in [-0.4, -0.2) is 28.4 Å². The molecule has 0 atom stereocenters. The van der Waals surface area contributed by atoms with E-state index in [9.17, 15) is 9.18 Å². The third-order valence-electron chi connectivity index (χ3n) is 5.66. The standard InChI is InChI=1S/C24H22FN3OS2.ClH/c1-14(2)28-12-11-17-20(13-28)31-24(27-22(29)15-7-9-16(25)10-8-15)21(17)23-26-18-5-3-4-6-19(18)30-23;/h3-10,14H,11-13H2,1-2H3,(H,27,29);1H. The molecule has 1 aliphatic heterocycles. The van der Waals surface area contributed by atoms with E-state index in [1.165, 1.54) is 34.7 Å². The van der Waals surface area contributed by atoms with Crippen LogP contribution in [0.1, 0.15) is 34.6 Å². The smallest absolute Gasteiger partial charge is 0.256 e. The first-order valence-electron chi connectivity index (χ1n) is 10.3. The summed E-state index contributed by atoms with van der Waals surface area (Å²) in [7, 11) is 0. The first-order chi connectivity index (χ1) is 15.0. The Morgan fingerprint density at radius 2 is 1.88 bits per heavy atom. The maximum Gasteiger partial charge on any atom is 0.256 e. The number of fused-ring (bicyclic) bond motifs is 2. The zero-order valence-electron chi connectivity index (χ0n) is 17.7. The molecule has 5 rings (SSSR count). The van der Waals surface area contributed by atoms with Gasteiger partial charge in [-0.1, -0.05) is 12.1 Å². The van der Waals surface area contributed by atoms with E-state index < -0.39 is 0 Å². The summed E-state index contributed by atoms with van der Waals surface area (Å²) in [6.07, 6.45) is 0.932. The van der Waals surface area contributed by atoms with Crippen LogP contribution in [0, 0.1) is 5.82 Å². The zero-order valence-corrected chi connectivity index (χ0v) is 20.2. The van der Waals surface area contributed by atoms with Crippen molar-refractivity contribution in [2.24, 2.45) is 0 Å². The molecule has 0 radical (unpaired) electrons. The Kier molecular flexibility index (Phi) is 6.62. The molecule has 1 N–H and O–H groups in total. The van der Waals surface area contributed by atoms with E-state index >= 15 is 0 Å². The second-order valence-electron chi connectivity index (χ2n) is 7.97. The maximum absolute atomic E-state index is 13.3. The average Bonchev–Trinajstić information content (AvgIpc) is 3.33. The molecule has 3 heterocycles. The fraction of sp³-hybridized carbons (Fsp3) is 0.250. The number of benzene rings is 2. The summed E-state index contributed by atoms with van der Waals surface area (Å²) in [6, 6.07) is 14.2. The number of halogens is 2. The molecule has 0 saturated heterocycles. The van der Waals surface area contributed by atoms with Crippen molar-refractivity contribution in [2.75, 3.05) is 11.9 Å². The average molecular weight is 488 g/mol. The Morgan fingerprint density at radius 1 is 1.12 bits per heavy atom. The van der Waals surface area contributed by atoms with Crippen molar-refractivity contribution in [3.63, 3.8) is 0 Å². The van der Waals surface area contributed by atoms with E-state index in [2.05, 4.69) is 30.1 Å². The highest BCUT2D eigenvalue weighted by atomic mass is 35.5.